The van der Waals surface area contributed by atoms with Crippen molar-refractivity contribution in [3.05, 3.63) is 29.8 Å². The Bertz CT molecular complexity index is 541. The van der Waals surface area contributed by atoms with E-state index in [4.69, 9.17) is 9.47 Å². The van der Waals surface area contributed by atoms with Crippen molar-refractivity contribution in [2.75, 3.05) is 13.2 Å². The minimum absolute atomic E-state index is 0.272. The molecular weight excluding hydrogens is 314 g/mol. The van der Waals surface area contributed by atoms with E-state index in [0.717, 1.165) is 25.0 Å². The quantitative estimate of drug-likeness (QED) is 0.615. The van der Waals surface area contributed by atoms with Crippen LogP contribution in [0.5, 0.6) is 5.75 Å². The number of hydrogen-bond acceptors (Lipinski definition) is 3. The molecule has 4 nitrogen and oxygen atoms in total. The number of ether oxygens (including phenoxy) is 2. The molecule has 1 rings (SSSR count). The zero-order chi connectivity index (χ0) is 19.1. The summed E-state index contributed by atoms with van der Waals surface area (Å²) in [4.78, 5) is 14.2. The Morgan fingerprint density at radius 2 is 1.72 bits per heavy atom. The molecule has 0 bridgehead atoms. The van der Waals surface area contributed by atoms with Gasteiger partial charge in [-0.05, 0) is 66.0 Å². The molecule has 0 radical (unpaired) electrons. The Morgan fingerprint density at radius 3 is 2.28 bits per heavy atom. The van der Waals surface area contributed by atoms with Crippen LogP contribution in [0.25, 0.3) is 0 Å². The normalized spacial score (nSPS) is 12.0. The number of nitrogens with zero attached hydrogens (tertiary/aromatic N) is 1. The van der Waals surface area contributed by atoms with Gasteiger partial charge in [0.25, 0.3) is 0 Å². The highest BCUT2D eigenvalue weighted by atomic mass is 16.6. The minimum Gasteiger partial charge on any atom is -0.493 e. The van der Waals surface area contributed by atoms with Crippen LogP contribution in [0.15, 0.2) is 24.3 Å². The topological polar surface area (TPSA) is 38.8 Å². The first-order valence-corrected chi connectivity index (χ1v) is 9.26. The van der Waals surface area contributed by atoms with Gasteiger partial charge in [0.05, 0.1) is 6.61 Å². The summed E-state index contributed by atoms with van der Waals surface area (Å²) in [5, 5.41) is 0. The molecule has 0 atom stereocenters. The van der Waals surface area contributed by atoms with Crippen LogP contribution in [0.2, 0.25) is 0 Å². The molecule has 0 spiro atoms. The van der Waals surface area contributed by atoms with Crippen molar-refractivity contribution in [2.24, 2.45) is 0 Å². The van der Waals surface area contributed by atoms with E-state index in [0.29, 0.717) is 13.2 Å². The Morgan fingerprint density at radius 1 is 1.08 bits per heavy atom. The Labute approximate surface area is 153 Å². The van der Waals surface area contributed by atoms with Gasteiger partial charge in [-0.25, -0.2) is 4.79 Å². The van der Waals surface area contributed by atoms with Gasteiger partial charge >= 0.3 is 6.09 Å². The van der Waals surface area contributed by atoms with E-state index in [1.807, 2.05) is 59.7 Å². The first-order chi connectivity index (χ1) is 11.5. The van der Waals surface area contributed by atoms with E-state index in [2.05, 4.69) is 13.0 Å². The van der Waals surface area contributed by atoms with Crippen LogP contribution in [0.1, 0.15) is 66.9 Å². The maximum absolute atomic E-state index is 12.5. The molecule has 0 heterocycles. The van der Waals surface area contributed by atoms with Crippen LogP contribution in [-0.4, -0.2) is 35.3 Å². The minimum atomic E-state index is -0.490. The monoisotopic (exact) mass is 349 g/mol. The number of hydrogen-bond donors (Lipinski definition) is 0. The number of para-hydroxylation sites is 1. The average molecular weight is 350 g/mol. The van der Waals surface area contributed by atoms with Crippen LogP contribution in [0, 0.1) is 0 Å². The third kappa shape index (κ3) is 7.80. The number of carbonyl (C=O) groups excluding carboxylic acids is 1. The predicted molar refractivity (Wildman–Crippen MR) is 103 cm³/mol. The number of amides is 1. The van der Waals surface area contributed by atoms with Crippen molar-refractivity contribution in [2.45, 2.75) is 78.9 Å². The van der Waals surface area contributed by atoms with Gasteiger partial charge in [0.15, 0.2) is 0 Å². The summed E-state index contributed by atoms with van der Waals surface area (Å²) < 4.78 is 11.5. The Balaban J connectivity index is 2.60. The van der Waals surface area contributed by atoms with Gasteiger partial charge in [-0.2, -0.15) is 0 Å². The highest BCUT2D eigenvalue weighted by Gasteiger charge is 2.30. The molecular formula is C21H35NO3. The molecule has 0 aliphatic heterocycles. The van der Waals surface area contributed by atoms with Gasteiger partial charge < -0.3 is 14.4 Å². The van der Waals surface area contributed by atoms with E-state index in [1.165, 1.54) is 5.56 Å². The highest BCUT2D eigenvalue weighted by Crippen LogP contribution is 2.21. The fraction of sp³-hybridized carbons (Fsp3) is 0.667. The summed E-state index contributed by atoms with van der Waals surface area (Å²) in [6.07, 6.45) is 2.60. The molecule has 0 saturated heterocycles. The van der Waals surface area contributed by atoms with Crippen molar-refractivity contribution >= 4 is 6.09 Å². The lowest BCUT2D eigenvalue weighted by atomic mass is 10.1. The maximum Gasteiger partial charge on any atom is 0.410 e. The number of benzene rings is 1. The molecule has 0 aliphatic rings. The zero-order valence-corrected chi connectivity index (χ0v) is 17.0. The zero-order valence-electron chi connectivity index (χ0n) is 17.0. The maximum atomic E-state index is 12.5. The molecule has 0 saturated carbocycles. The molecule has 0 N–H and O–H groups in total. The van der Waals surface area contributed by atoms with E-state index < -0.39 is 5.60 Å². The lowest BCUT2D eigenvalue weighted by molar-refractivity contribution is 0.00520. The Kier molecular flexibility index (Phi) is 7.78. The third-order valence-corrected chi connectivity index (χ3v) is 3.70. The van der Waals surface area contributed by atoms with Crippen LogP contribution in [0.3, 0.4) is 0 Å². The van der Waals surface area contributed by atoms with Crippen molar-refractivity contribution in [1.82, 2.24) is 4.90 Å². The Hall–Kier alpha value is -1.71. The number of carbonyl (C=O) groups is 1. The molecule has 4 heteroatoms. The molecule has 0 aliphatic carbocycles. The predicted octanol–water partition coefficient (Wildman–Crippen LogP) is 5.44. The molecule has 1 aromatic carbocycles. The van der Waals surface area contributed by atoms with E-state index in [9.17, 15) is 4.79 Å². The van der Waals surface area contributed by atoms with Crippen LogP contribution in [0.4, 0.5) is 4.79 Å². The van der Waals surface area contributed by atoms with Gasteiger partial charge in [0, 0.05) is 12.1 Å². The van der Waals surface area contributed by atoms with Crippen molar-refractivity contribution in [1.29, 1.82) is 0 Å². The van der Waals surface area contributed by atoms with Crippen LogP contribution < -0.4 is 4.74 Å². The van der Waals surface area contributed by atoms with Gasteiger partial charge in [-0.3, -0.25) is 0 Å². The molecule has 142 valence electrons. The lowest BCUT2D eigenvalue weighted by Crippen LogP contribution is -2.48. The SMILES string of the molecule is CCCc1ccccc1OCCCN(C(=O)OC(C)(C)C)C(C)(C)C. The van der Waals surface area contributed by atoms with Gasteiger partial charge in [-0.1, -0.05) is 31.5 Å². The first-order valence-electron chi connectivity index (χ1n) is 9.26. The third-order valence-electron chi connectivity index (χ3n) is 3.70. The van der Waals surface area contributed by atoms with Gasteiger partial charge in [0.2, 0.25) is 0 Å². The van der Waals surface area contributed by atoms with Gasteiger partial charge in [-0.15, -0.1) is 0 Å². The van der Waals surface area contributed by atoms with E-state index >= 15 is 0 Å². The number of rotatable bonds is 7. The fourth-order valence-electron chi connectivity index (χ4n) is 2.54. The summed E-state index contributed by atoms with van der Waals surface area (Å²) in [6.45, 7) is 15.1. The second-order valence-corrected chi connectivity index (χ2v) is 8.36. The smallest absolute Gasteiger partial charge is 0.410 e. The average Bonchev–Trinajstić information content (AvgIpc) is 2.45. The summed E-state index contributed by atoms with van der Waals surface area (Å²) in [6, 6.07) is 8.17. The second-order valence-electron chi connectivity index (χ2n) is 8.36. The largest absolute Gasteiger partial charge is 0.493 e. The van der Waals surface area contributed by atoms with E-state index in [1.54, 1.807) is 4.90 Å². The second kappa shape index (κ2) is 9.12. The fourth-order valence-corrected chi connectivity index (χ4v) is 2.54. The number of aryl methyl sites for hydroxylation is 1. The van der Waals surface area contributed by atoms with Crippen LogP contribution in [-0.2, 0) is 11.2 Å². The summed E-state index contributed by atoms with van der Waals surface area (Å²) in [7, 11) is 0. The molecule has 1 amide bonds. The van der Waals surface area contributed by atoms with Gasteiger partial charge in [0.1, 0.15) is 11.4 Å². The van der Waals surface area contributed by atoms with Crippen molar-refractivity contribution < 1.29 is 14.3 Å². The molecule has 0 unspecified atom stereocenters. The summed E-state index contributed by atoms with van der Waals surface area (Å²) >= 11 is 0. The summed E-state index contributed by atoms with van der Waals surface area (Å²) in [5.74, 6) is 0.948. The first kappa shape index (κ1) is 21.3. The molecule has 1 aromatic rings. The molecule has 25 heavy (non-hydrogen) atoms. The summed E-state index contributed by atoms with van der Waals surface area (Å²) in [5.41, 5.74) is 0.461. The van der Waals surface area contributed by atoms with Crippen LogP contribution >= 0.6 is 0 Å². The molecule has 0 fully saturated rings. The highest BCUT2D eigenvalue weighted by molar-refractivity contribution is 5.69. The molecule has 0 aromatic heterocycles. The van der Waals surface area contributed by atoms with Crippen molar-refractivity contribution in [3.8, 4) is 5.75 Å². The lowest BCUT2D eigenvalue weighted by Gasteiger charge is -2.36. The van der Waals surface area contributed by atoms with Crippen molar-refractivity contribution in [3.63, 3.8) is 0 Å². The standard InChI is InChI=1S/C21H35NO3/c1-8-12-17-13-9-10-14-18(17)24-16-11-15-22(20(2,3)4)19(23)25-21(5,6)7/h9-10,13-14H,8,11-12,15-16H2,1-7H3. The van der Waals surface area contributed by atoms with E-state index in [-0.39, 0.29) is 11.6 Å².